The Morgan fingerprint density at radius 2 is 1.67 bits per heavy atom. The van der Waals surface area contributed by atoms with Gasteiger partial charge in [-0.25, -0.2) is 32.2 Å². The molecule has 1 aromatic heterocycles. The zero-order valence-electron chi connectivity index (χ0n) is 25.7. The maximum absolute atomic E-state index is 13.5. The molecule has 14 nitrogen and oxygen atoms in total. The Bertz CT molecular complexity index is 1610. The first kappa shape index (κ1) is 36.2. The van der Waals surface area contributed by atoms with Gasteiger partial charge in [-0.2, -0.15) is 23.3 Å². The van der Waals surface area contributed by atoms with E-state index >= 15 is 0 Å². The summed E-state index contributed by atoms with van der Waals surface area (Å²) in [6.07, 6.45) is -8.36. The fourth-order valence-electron chi connectivity index (χ4n) is 3.61. The SMILES string of the molecule is Cc1ccc(-c2cc(C(F)(F)F)nn2-c2ccc(S(=O)(=O)NC(=O)OCCN(C)N(O)OC(C)OC(=O)OC(C)(C)C)cc2)cc1. The second-order valence-electron chi connectivity index (χ2n) is 10.8. The van der Waals surface area contributed by atoms with E-state index in [-0.39, 0.29) is 28.2 Å². The van der Waals surface area contributed by atoms with Gasteiger partial charge in [0.2, 0.25) is 6.29 Å². The Labute approximate surface area is 263 Å². The minimum atomic E-state index is -4.72. The van der Waals surface area contributed by atoms with Gasteiger partial charge in [0.1, 0.15) is 12.2 Å². The third-order valence-corrected chi connectivity index (χ3v) is 7.12. The molecule has 0 spiro atoms. The average molecular weight is 674 g/mol. The van der Waals surface area contributed by atoms with E-state index < -0.39 is 52.6 Å². The quantitative estimate of drug-likeness (QED) is 0.159. The lowest BCUT2D eigenvalue weighted by molar-refractivity contribution is -0.469. The van der Waals surface area contributed by atoms with Gasteiger partial charge >= 0.3 is 18.4 Å². The zero-order chi connectivity index (χ0) is 34.4. The molecular formula is C28H34F3N5O9S. The van der Waals surface area contributed by atoms with Crippen LogP contribution in [0.3, 0.4) is 0 Å². The smallest absolute Gasteiger partial charge is 0.447 e. The standard InChI is InChI=1S/C28H34F3N5O9S/c1-18-7-9-20(10-8-18)23-17-24(28(29,30)31)32-35(23)21-11-13-22(14-12-21)46(40,41)33-25(37)42-16-15-34(6)36(39)45-19(2)43-26(38)44-27(3,4)5/h7-14,17,19,39H,15-16H2,1-6H3,(H,33,37). The van der Waals surface area contributed by atoms with E-state index in [0.717, 1.165) is 33.5 Å². The fraction of sp³-hybridized carbons (Fsp3) is 0.393. The molecule has 3 rings (SSSR count). The molecule has 3 aromatic rings. The average Bonchev–Trinajstić information content (AvgIpc) is 3.38. The second kappa shape index (κ2) is 14.5. The van der Waals surface area contributed by atoms with E-state index in [1.807, 2.05) is 6.92 Å². The lowest BCUT2D eigenvalue weighted by Crippen LogP contribution is -2.43. The number of carbonyl (C=O) groups is 2. The van der Waals surface area contributed by atoms with E-state index in [4.69, 9.17) is 19.0 Å². The number of likely N-dealkylation sites (N-methyl/N-ethyl adjacent to an activating group) is 1. The van der Waals surface area contributed by atoms with Crippen LogP contribution < -0.4 is 4.72 Å². The molecule has 1 atom stereocenters. The Balaban J connectivity index is 1.58. The molecule has 252 valence electrons. The summed E-state index contributed by atoms with van der Waals surface area (Å²) in [4.78, 5) is 28.5. The molecule has 0 bridgehead atoms. The summed E-state index contributed by atoms with van der Waals surface area (Å²) in [5, 5.41) is 14.9. The zero-order valence-corrected chi connectivity index (χ0v) is 26.5. The highest BCUT2D eigenvalue weighted by Crippen LogP contribution is 2.33. The largest absolute Gasteiger partial charge is 0.511 e. The number of aromatic nitrogens is 2. The summed E-state index contributed by atoms with van der Waals surface area (Å²) in [7, 11) is -3.12. The number of amides is 1. The molecule has 0 radical (unpaired) electrons. The van der Waals surface area contributed by atoms with Crippen molar-refractivity contribution in [1.29, 1.82) is 0 Å². The number of nitrogens with one attached hydrogen (secondary N) is 1. The highest BCUT2D eigenvalue weighted by molar-refractivity contribution is 7.90. The number of hydrogen-bond donors (Lipinski definition) is 2. The molecule has 0 saturated heterocycles. The fourth-order valence-corrected chi connectivity index (χ4v) is 4.50. The first-order chi connectivity index (χ1) is 21.2. The monoisotopic (exact) mass is 673 g/mol. The number of nitrogens with zero attached hydrogens (tertiary/aromatic N) is 4. The summed E-state index contributed by atoms with van der Waals surface area (Å²) in [5.41, 5.74) is -0.310. The van der Waals surface area contributed by atoms with Crippen molar-refractivity contribution in [3.8, 4) is 16.9 Å². The van der Waals surface area contributed by atoms with Gasteiger partial charge in [0.15, 0.2) is 5.69 Å². The van der Waals surface area contributed by atoms with Crippen molar-refractivity contribution in [2.75, 3.05) is 20.2 Å². The van der Waals surface area contributed by atoms with Crippen molar-refractivity contribution in [3.63, 3.8) is 0 Å². The van der Waals surface area contributed by atoms with Crippen LogP contribution in [0.5, 0.6) is 0 Å². The number of carbonyl (C=O) groups excluding carboxylic acids is 2. The van der Waals surface area contributed by atoms with Crippen LogP contribution in [0.2, 0.25) is 0 Å². The third kappa shape index (κ3) is 10.4. The maximum atomic E-state index is 13.5. The van der Waals surface area contributed by atoms with Gasteiger partial charge in [-0.15, -0.1) is 0 Å². The molecule has 0 aliphatic rings. The van der Waals surface area contributed by atoms with Crippen LogP contribution in [0.25, 0.3) is 16.9 Å². The van der Waals surface area contributed by atoms with Crippen molar-refractivity contribution >= 4 is 22.3 Å². The Morgan fingerprint density at radius 1 is 1.07 bits per heavy atom. The predicted octanol–water partition coefficient (Wildman–Crippen LogP) is 5.05. The van der Waals surface area contributed by atoms with Crippen molar-refractivity contribution in [3.05, 3.63) is 65.9 Å². The van der Waals surface area contributed by atoms with Crippen LogP contribution in [0, 0.1) is 6.92 Å². The first-order valence-electron chi connectivity index (χ1n) is 13.6. The van der Waals surface area contributed by atoms with E-state index in [1.54, 1.807) is 49.8 Å². The molecule has 1 amide bonds. The molecule has 18 heteroatoms. The second-order valence-corrected chi connectivity index (χ2v) is 12.5. The van der Waals surface area contributed by atoms with E-state index in [0.29, 0.717) is 5.56 Å². The summed E-state index contributed by atoms with van der Waals surface area (Å²) in [6.45, 7) is 7.42. The van der Waals surface area contributed by atoms with Gasteiger partial charge in [-0.05, 0) is 58.0 Å². The topological polar surface area (TPSA) is 162 Å². The van der Waals surface area contributed by atoms with Crippen LogP contribution >= 0.6 is 0 Å². The molecule has 46 heavy (non-hydrogen) atoms. The molecule has 2 aromatic carbocycles. The molecule has 1 heterocycles. The van der Waals surface area contributed by atoms with Gasteiger partial charge < -0.3 is 14.2 Å². The number of hydrogen-bond acceptors (Lipinski definition) is 12. The number of halogens is 3. The molecule has 1 unspecified atom stereocenters. The lowest BCUT2D eigenvalue weighted by atomic mass is 10.1. The number of hydrazine groups is 1. The molecule has 2 N–H and O–H groups in total. The van der Waals surface area contributed by atoms with Crippen LogP contribution in [-0.4, -0.2) is 78.1 Å². The first-order valence-corrected chi connectivity index (χ1v) is 15.0. The summed E-state index contributed by atoms with van der Waals surface area (Å²) < 4.78 is 83.3. The van der Waals surface area contributed by atoms with Crippen molar-refractivity contribution in [2.24, 2.45) is 0 Å². The van der Waals surface area contributed by atoms with Crippen molar-refractivity contribution in [1.82, 2.24) is 24.8 Å². The minimum absolute atomic E-state index is 0.131. The van der Waals surface area contributed by atoms with Crippen molar-refractivity contribution in [2.45, 2.75) is 57.6 Å². The van der Waals surface area contributed by atoms with Gasteiger partial charge in [0.05, 0.1) is 22.8 Å². The lowest BCUT2D eigenvalue weighted by Gasteiger charge is -2.27. The van der Waals surface area contributed by atoms with Gasteiger partial charge in [0.25, 0.3) is 10.0 Å². The number of alkyl halides is 3. The van der Waals surface area contributed by atoms with E-state index in [1.165, 1.54) is 26.1 Å². The molecule has 0 aliphatic carbocycles. The number of aryl methyl sites for hydroxylation is 1. The van der Waals surface area contributed by atoms with Crippen LogP contribution in [-0.2, 0) is 35.2 Å². The van der Waals surface area contributed by atoms with Crippen LogP contribution in [0.1, 0.15) is 39.0 Å². The number of sulfonamides is 1. The normalized spacial score (nSPS) is 13.0. The number of ether oxygens (including phenoxy) is 3. The maximum Gasteiger partial charge on any atom is 0.511 e. The van der Waals surface area contributed by atoms with Gasteiger partial charge in [0, 0.05) is 24.9 Å². The molecule has 0 aliphatic heterocycles. The van der Waals surface area contributed by atoms with E-state index in [9.17, 15) is 36.4 Å². The van der Waals surface area contributed by atoms with Crippen molar-refractivity contribution < 1.29 is 55.4 Å². The Morgan fingerprint density at radius 3 is 2.24 bits per heavy atom. The summed E-state index contributed by atoms with van der Waals surface area (Å²) >= 11 is 0. The number of benzene rings is 2. The third-order valence-electron chi connectivity index (χ3n) is 5.79. The van der Waals surface area contributed by atoms with Crippen LogP contribution in [0.15, 0.2) is 59.5 Å². The summed E-state index contributed by atoms with van der Waals surface area (Å²) in [5.74, 6) is 0. The Kier molecular flexibility index (Phi) is 11.4. The minimum Gasteiger partial charge on any atom is -0.447 e. The Hall–Kier alpha value is -4.23. The highest BCUT2D eigenvalue weighted by atomic mass is 32.2. The van der Waals surface area contributed by atoms with Crippen LogP contribution in [0.4, 0.5) is 22.8 Å². The molecule has 0 saturated carbocycles. The number of rotatable bonds is 11. The summed E-state index contributed by atoms with van der Waals surface area (Å²) in [6, 6.07) is 12.3. The molecule has 0 fully saturated rings. The predicted molar refractivity (Wildman–Crippen MR) is 155 cm³/mol. The van der Waals surface area contributed by atoms with Gasteiger partial charge in [-0.3, -0.25) is 5.21 Å². The van der Waals surface area contributed by atoms with Gasteiger partial charge in [-0.1, -0.05) is 29.8 Å². The molecular weight excluding hydrogens is 639 g/mol. The van der Waals surface area contributed by atoms with E-state index in [2.05, 4.69) is 5.10 Å². The highest BCUT2D eigenvalue weighted by Gasteiger charge is 2.35.